The number of amides is 1. The zero-order valence-corrected chi connectivity index (χ0v) is 15.1. The summed E-state index contributed by atoms with van der Waals surface area (Å²) in [6.07, 6.45) is 7.02. The molecule has 4 rings (SSSR count). The topological polar surface area (TPSA) is 71.7 Å². The molecule has 25 heavy (non-hydrogen) atoms. The first kappa shape index (κ1) is 17.0. The van der Waals surface area contributed by atoms with E-state index in [0.29, 0.717) is 30.8 Å². The van der Waals surface area contributed by atoms with Gasteiger partial charge in [0.05, 0.1) is 12.0 Å². The second kappa shape index (κ2) is 7.03. The average molecular weight is 348 g/mol. The van der Waals surface area contributed by atoms with Crippen LogP contribution in [0.15, 0.2) is 4.52 Å². The van der Waals surface area contributed by atoms with Crippen molar-refractivity contribution < 1.29 is 14.1 Å². The second-order valence-corrected chi connectivity index (χ2v) is 7.93. The van der Waals surface area contributed by atoms with Crippen LogP contribution in [0, 0.1) is 11.3 Å². The lowest BCUT2D eigenvalue weighted by Gasteiger charge is -2.42. The standard InChI is InChI=1S/C18H28N4O3/c1-24-12-15-19-16(25-20-15)11-21-9-7-18(13-21)6-3-8-22(17(18)23)10-14-4-2-5-14/h14H,2-13H2,1H3/t18-/m1/s1. The molecule has 0 radical (unpaired) electrons. The summed E-state index contributed by atoms with van der Waals surface area (Å²) in [7, 11) is 1.62. The van der Waals surface area contributed by atoms with Gasteiger partial charge in [0, 0.05) is 26.7 Å². The Labute approximate surface area is 148 Å². The molecule has 0 bridgehead atoms. The fourth-order valence-electron chi connectivity index (χ4n) is 4.52. The Hall–Kier alpha value is -1.47. The molecule has 138 valence electrons. The van der Waals surface area contributed by atoms with E-state index < -0.39 is 0 Å². The van der Waals surface area contributed by atoms with E-state index in [-0.39, 0.29) is 5.41 Å². The highest BCUT2D eigenvalue weighted by Gasteiger charge is 2.48. The SMILES string of the molecule is COCc1noc(CN2CC[C@]3(CCCN(CC4CCC4)C3=O)C2)n1. The van der Waals surface area contributed by atoms with Gasteiger partial charge in [-0.05, 0) is 44.6 Å². The molecule has 2 saturated heterocycles. The summed E-state index contributed by atoms with van der Waals surface area (Å²) in [5, 5.41) is 3.91. The van der Waals surface area contributed by atoms with Crippen molar-refractivity contribution in [2.45, 2.75) is 51.7 Å². The quantitative estimate of drug-likeness (QED) is 0.781. The maximum absolute atomic E-state index is 13.1. The summed E-state index contributed by atoms with van der Waals surface area (Å²) in [6, 6.07) is 0. The molecule has 0 unspecified atom stereocenters. The summed E-state index contributed by atoms with van der Waals surface area (Å²) < 4.78 is 10.3. The molecule has 1 atom stereocenters. The van der Waals surface area contributed by atoms with E-state index in [1.54, 1.807) is 7.11 Å². The van der Waals surface area contributed by atoms with Crippen molar-refractivity contribution in [1.82, 2.24) is 19.9 Å². The van der Waals surface area contributed by atoms with Gasteiger partial charge in [-0.25, -0.2) is 0 Å². The van der Waals surface area contributed by atoms with Crippen molar-refractivity contribution in [3.63, 3.8) is 0 Å². The van der Waals surface area contributed by atoms with Crippen LogP contribution in [-0.2, 0) is 22.7 Å². The fourth-order valence-corrected chi connectivity index (χ4v) is 4.52. The van der Waals surface area contributed by atoms with Gasteiger partial charge in [0.1, 0.15) is 6.61 Å². The second-order valence-electron chi connectivity index (χ2n) is 7.93. The summed E-state index contributed by atoms with van der Waals surface area (Å²) in [5.41, 5.74) is -0.183. The monoisotopic (exact) mass is 348 g/mol. The minimum Gasteiger partial charge on any atom is -0.377 e. The molecule has 1 aliphatic carbocycles. The Balaban J connectivity index is 1.36. The van der Waals surface area contributed by atoms with Gasteiger partial charge in [-0.15, -0.1) is 0 Å². The van der Waals surface area contributed by atoms with Gasteiger partial charge >= 0.3 is 0 Å². The van der Waals surface area contributed by atoms with Crippen molar-refractivity contribution in [2.75, 3.05) is 33.3 Å². The van der Waals surface area contributed by atoms with Crippen molar-refractivity contribution in [2.24, 2.45) is 11.3 Å². The van der Waals surface area contributed by atoms with E-state index in [9.17, 15) is 4.79 Å². The average Bonchev–Trinajstić information content (AvgIpc) is 3.16. The highest BCUT2D eigenvalue weighted by atomic mass is 16.5. The minimum atomic E-state index is -0.183. The third-order valence-electron chi connectivity index (χ3n) is 6.10. The van der Waals surface area contributed by atoms with Gasteiger partial charge in [-0.3, -0.25) is 9.69 Å². The molecular formula is C18H28N4O3. The molecule has 0 aromatic carbocycles. The van der Waals surface area contributed by atoms with Crippen LogP contribution in [0.2, 0.25) is 0 Å². The van der Waals surface area contributed by atoms with Crippen LogP contribution in [0.25, 0.3) is 0 Å². The highest BCUT2D eigenvalue weighted by Crippen LogP contribution is 2.41. The van der Waals surface area contributed by atoms with E-state index in [2.05, 4.69) is 19.9 Å². The third-order valence-corrected chi connectivity index (χ3v) is 6.10. The van der Waals surface area contributed by atoms with Gasteiger partial charge in [0.2, 0.25) is 11.8 Å². The van der Waals surface area contributed by atoms with Crippen molar-refractivity contribution in [1.29, 1.82) is 0 Å². The lowest BCUT2D eigenvalue weighted by Crippen LogP contribution is -2.51. The number of hydrogen-bond donors (Lipinski definition) is 0. The molecule has 7 heteroatoms. The zero-order valence-electron chi connectivity index (χ0n) is 15.1. The Bertz CT molecular complexity index is 615. The van der Waals surface area contributed by atoms with Crippen LogP contribution in [0.5, 0.6) is 0 Å². The molecule has 1 amide bonds. The van der Waals surface area contributed by atoms with Crippen LogP contribution >= 0.6 is 0 Å². The molecule has 2 aliphatic heterocycles. The Morgan fingerprint density at radius 3 is 2.92 bits per heavy atom. The van der Waals surface area contributed by atoms with Crippen LogP contribution in [0.3, 0.4) is 0 Å². The number of methoxy groups -OCH3 is 1. The smallest absolute Gasteiger partial charge is 0.240 e. The lowest BCUT2D eigenvalue weighted by atomic mass is 9.77. The number of nitrogens with zero attached hydrogens (tertiary/aromatic N) is 4. The molecule has 1 saturated carbocycles. The predicted molar refractivity (Wildman–Crippen MR) is 90.5 cm³/mol. The van der Waals surface area contributed by atoms with Crippen molar-refractivity contribution in [3.05, 3.63) is 11.7 Å². The number of likely N-dealkylation sites (tertiary alicyclic amines) is 2. The largest absolute Gasteiger partial charge is 0.377 e. The minimum absolute atomic E-state index is 0.183. The summed E-state index contributed by atoms with van der Waals surface area (Å²) in [5.74, 6) is 2.32. The predicted octanol–water partition coefficient (Wildman–Crippen LogP) is 1.83. The fraction of sp³-hybridized carbons (Fsp3) is 0.833. The van der Waals surface area contributed by atoms with E-state index in [1.807, 2.05) is 0 Å². The Kier molecular flexibility index (Phi) is 4.78. The summed E-state index contributed by atoms with van der Waals surface area (Å²) in [4.78, 5) is 21.9. The summed E-state index contributed by atoms with van der Waals surface area (Å²) in [6.45, 7) is 4.64. The van der Waals surface area contributed by atoms with E-state index in [1.165, 1.54) is 19.3 Å². The number of aromatic nitrogens is 2. The molecule has 3 heterocycles. The number of rotatable bonds is 6. The highest BCUT2D eigenvalue weighted by molar-refractivity contribution is 5.84. The van der Waals surface area contributed by atoms with Crippen molar-refractivity contribution >= 4 is 5.91 Å². The molecular weight excluding hydrogens is 320 g/mol. The van der Waals surface area contributed by atoms with Crippen LogP contribution < -0.4 is 0 Å². The lowest BCUT2D eigenvalue weighted by molar-refractivity contribution is -0.146. The molecule has 1 aromatic heterocycles. The maximum Gasteiger partial charge on any atom is 0.240 e. The number of hydrogen-bond acceptors (Lipinski definition) is 6. The first-order chi connectivity index (χ1) is 12.2. The number of carbonyl (C=O) groups is 1. The van der Waals surface area contributed by atoms with Crippen LogP contribution in [-0.4, -0.2) is 59.1 Å². The van der Waals surface area contributed by atoms with Gasteiger partial charge < -0.3 is 14.2 Å². The van der Waals surface area contributed by atoms with E-state index in [4.69, 9.17) is 9.26 Å². The van der Waals surface area contributed by atoms with Gasteiger partial charge in [0.25, 0.3) is 0 Å². The third kappa shape index (κ3) is 3.44. The van der Waals surface area contributed by atoms with E-state index in [0.717, 1.165) is 51.4 Å². The number of carbonyl (C=O) groups excluding carboxylic acids is 1. The zero-order chi connectivity index (χ0) is 17.3. The van der Waals surface area contributed by atoms with Gasteiger partial charge in [-0.1, -0.05) is 11.6 Å². The van der Waals surface area contributed by atoms with E-state index >= 15 is 0 Å². The summed E-state index contributed by atoms with van der Waals surface area (Å²) >= 11 is 0. The molecule has 3 aliphatic rings. The van der Waals surface area contributed by atoms with Crippen LogP contribution in [0.4, 0.5) is 0 Å². The first-order valence-corrected chi connectivity index (χ1v) is 9.51. The van der Waals surface area contributed by atoms with Crippen LogP contribution in [0.1, 0.15) is 50.2 Å². The molecule has 0 N–H and O–H groups in total. The molecule has 1 aromatic rings. The maximum atomic E-state index is 13.1. The number of ether oxygens (including phenoxy) is 1. The first-order valence-electron chi connectivity index (χ1n) is 9.51. The van der Waals surface area contributed by atoms with Gasteiger partial charge in [0.15, 0.2) is 5.82 Å². The normalized spacial score (nSPS) is 28.0. The van der Waals surface area contributed by atoms with Crippen molar-refractivity contribution in [3.8, 4) is 0 Å². The Morgan fingerprint density at radius 1 is 1.28 bits per heavy atom. The molecule has 7 nitrogen and oxygen atoms in total. The Morgan fingerprint density at radius 2 is 2.16 bits per heavy atom. The molecule has 3 fully saturated rings. The molecule has 1 spiro atoms. The number of piperidine rings is 1. The van der Waals surface area contributed by atoms with Gasteiger partial charge in [-0.2, -0.15) is 4.98 Å².